The highest BCUT2D eigenvalue weighted by atomic mass is 16.5. The Kier molecular flexibility index (Phi) is 5.86. The maximum absolute atomic E-state index is 11.9. The molecule has 2 atom stereocenters. The second-order valence-corrected chi connectivity index (χ2v) is 4.75. The first kappa shape index (κ1) is 14.7. The molecule has 0 aliphatic heterocycles. The van der Waals surface area contributed by atoms with Gasteiger partial charge in [0, 0.05) is 6.54 Å². The van der Waals surface area contributed by atoms with Gasteiger partial charge in [0.25, 0.3) is 0 Å². The number of methoxy groups -OCH3 is 1. The van der Waals surface area contributed by atoms with Gasteiger partial charge in [-0.1, -0.05) is 50.6 Å². The maximum Gasteiger partial charge on any atom is 0.323 e. The Morgan fingerprint density at radius 2 is 1.94 bits per heavy atom. The molecule has 0 saturated heterocycles. The van der Waals surface area contributed by atoms with Crippen molar-refractivity contribution in [3.63, 3.8) is 0 Å². The number of carbonyl (C=O) groups is 1. The number of hydrogen-bond donors (Lipinski definition) is 0. The van der Waals surface area contributed by atoms with Crippen LogP contribution >= 0.6 is 0 Å². The Labute approximate surface area is 110 Å². The van der Waals surface area contributed by atoms with Crippen LogP contribution in [0.4, 0.5) is 0 Å². The molecule has 2 unspecified atom stereocenters. The Morgan fingerprint density at radius 3 is 2.44 bits per heavy atom. The third-order valence-electron chi connectivity index (χ3n) is 3.38. The molecule has 0 aliphatic rings. The van der Waals surface area contributed by atoms with Gasteiger partial charge >= 0.3 is 5.97 Å². The molecular formula is C15H23NO2. The summed E-state index contributed by atoms with van der Waals surface area (Å²) in [5, 5.41) is 0. The lowest BCUT2D eigenvalue weighted by Gasteiger charge is -2.30. The molecule has 1 aromatic rings. The van der Waals surface area contributed by atoms with Crippen LogP contribution in [0.25, 0.3) is 0 Å². The van der Waals surface area contributed by atoms with Crippen molar-refractivity contribution in [3.05, 3.63) is 35.9 Å². The van der Waals surface area contributed by atoms with Gasteiger partial charge in [-0.15, -0.1) is 0 Å². The van der Waals surface area contributed by atoms with E-state index < -0.39 is 0 Å². The van der Waals surface area contributed by atoms with Gasteiger partial charge in [0.2, 0.25) is 0 Å². The molecule has 0 spiro atoms. The van der Waals surface area contributed by atoms with Crippen molar-refractivity contribution in [2.24, 2.45) is 5.92 Å². The Balaban J connectivity index is 2.76. The highest BCUT2D eigenvalue weighted by Crippen LogP contribution is 2.17. The van der Waals surface area contributed by atoms with E-state index in [1.54, 1.807) is 0 Å². The lowest BCUT2D eigenvalue weighted by atomic mass is 9.97. The predicted octanol–water partition coefficient (Wildman–Crippen LogP) is 2.71. The van der Waals surface area contributed by atoms with E-state index in [9.17, 15) is 4.79 Å². The van der Waals surface area contributed by atoms with Gasteiger partial charge in [0.05, 0.1) is 7.11 Å². The lowest BCUT2D eigenvalue weighted by molar-refractivity contribution is -0.148. The molecule has 1 rings (SSSR count). The molecule has 0 saturated carbocycles. The Morgan fingerprint density at radius 1 is 1.33 bits per heavy atom. The Bertz CT molecular complexity index is 364. The van der Waals surface area contributed by atoms with Gasteiger partial charge < -0.3 is 4.74 Å². The summed E-state index contributed by atoms with van der Waals surface area (Å²) in [6.07, 6.45) is 0.957. The first-order valence-electron chi connectivity index (χ1n) is 6.42. The molecule has 3 heteroatoms. The number of nitrogens with zero attached hydrogens (tertiary/aromatic N) is 1. The number of rotatable bonds is 6. The summed E-state index contributed by atoms with van der Waals surface area (Å²) in [5.41, 5.74) is 1.21. The SMILES string of the molecule is CCC(C)C(C(=O)OC)N(C)Cc1ccccc1. The summed E-state index contributed by atoms with van der Waals surface area (Å²) in [4.78, 5) is 13.9. The largest absolute Gasteiger partial charge is 0.468 e. The van der Waals surface area contributed by atoms with Gasteiger partial charge in [-0.25, -0.2) is 0 Å². The van der Waals surface area contributed by atoms with Crippen molar-refractivity contribution in [1.29, 1.82) is 0 Å². The predicted molar refractivity (Wildman–Crippen MR) is 73.2 cm³/mol. The van der Waals surface area contributed by atoms with Crippen molar-refractivity contribution in [2.45, 2.75) is 32.9 Å². The molecule has 0 fully saturated rings. The number of carbonyl (C=O) groups excluding carboxylic acids is 1. The molecule has 18 heavy (non-hydrogen) atoms. The quantitative estimate of drug-likeness (QED) is 0.726. The molecule has 1 aromatic carbocycles. The smallest absolute Gasteiger partial charge is 0.323 e. The fourth-order valence-corrected chi connectivity index (χ4v) is 2.16. The number of esters is 1. The van der Waals surface area contributed by atoms with E-state index in [-0.39, 0.29) is 17.9 Å². The first-order valence-corrected chi connectivity index (χ1v) is 6.42. The first-order chi connectivity index (χ1) is 8.60. The van der Waals surface area contributed by atoms with Crippen LogP contribution in [0, 0.1) is 5.92 Å². The molecule has 100 valence electrons. The molecule has 0 N–H and O–H groups in total. The summed E-state index contributed by atoms with van der Waals surface area (Å²) in [6.45, 7) is 4.94. The van der Waals surface area contributed by atoms with Crippen LogP contribution in [0.1, 0.15) is 25.8 Å². The van der Waals surface area contributed by atoms with E-state index >= 15 is 0 Å². The number of ether oxygens (including phenoxy) is 1. The van der Waals surface area contributed by atoms with E-state index in [2.05, 4.69) is 30.9 Å². The van der Waals surface area contributed by atoms with Crippen LogP contribution in [0.5, 0.6) is 0 Å². The zero-order valence-electron chi connectivity index (χ0n) is 11.7. The second-order valence-electron chi connectivity index (χ2n) is 4.75. The third-order valence-corrected chi connectivity index (χ3v) is 3.38. The summed E-state index contributed by atoms with van der Waals surface area (Å²) in [6, 6.07) is 9.98. The van der Waals surface area contributed by atoms with Crippen molar-refractivity contribution in [1.82, 2.24) is 4.90 Å². The van der Waals surface area contributed by atoms with Crippen molar-refractivity contribution >= 4 is 5.97 Å². The molecule has 0 heterocycles. The molecule has 0 aromatic heterocycles. The van der Waals surface area contributed by atoms with Crippen molar-refractivity contribution in [2.75, 3.05) is 14.2 Å². The standard InChI is InChI=1S/C15H23NO2/c1-5-12(2)14(15(17)18-4)16(3)11-13-9-7-6-8-10-13/h6-10,12,14H,5,11H2,1-4H3. The van der Waals surface area contributed by atoms with Gasteiger partial charge in [-0.05, 0) is 18.5 Å². The fraction of sp³-hybridized carbons (Fsp3) is 0.533. The minimum absolute atomic E-state index is 0.150. The van der Waals surface area contributed by atoms with Crippen molar-refractivity contribution < 1.29 is 9.53 Å². The highest BCUT2D eigenvalue weighted by Gasteiger charge is 2.28. The summed E-state index contributed by atoms with van der Waals surface area (Å²) in [5.74, 6) is 0.133. The highest BCUT2D eigenvalue weighted by molar-refractivity contribution is 5.75. The van der Waals surface area contributed by atoms with Crippen LogP contribution in [0.2, 0.25) is 0 Å². The van der Waals surface area contributed by atoms with Gasteiger partial charge in [0.15, 0.2) is 0 Å². The Hall–Kier alpha value is -1.35. The summed E-state index contributed by atoms with van der Waals surface area (Å²) in [7, 11) is 3.43. The van der Waals surface area contributed by atoms with Gasteiger partial charge in [0.1, 0.15) is 6.04 Å². The lowest BCUT2D eigenvalue weighted by Crippen LogP contribution is -2.43. The minimum Gasteiger partial charge on any atom is -0.468 e. The van der Waals surface area contributed by atoms with E-state index in [1.165, 1.54) is 12.7 Å². The maximum atomic E-state index is 11.9. The monoisotopic (exact) mass is 249 g/mol. The van der Waals surface area contributed by atoms with E-state index in [1.807, 2.05) is 25.2 Å². The van der Waals surface area contributed by atoms with E-state index in [0.29, 0.717) is 0 Å². The third kappa shape index (κ3) is 3.84. The molecule has 0 radical (unpaired) electrons. The zero-order valence-corrected chi connectivity index (χ0v) is 11.7. The zero-order chi connectivity index (χ0) is 13.5. The average molecular weight is 249 g/mol. The fourth-order valence-electron chi connectivity index (χ4n) is 2.16. The van der Waals surface area contributed by atoms with Crippen LogP contribution in [0.3, 0.4) is 0 Å². The van der Waals surface area contributed by atoms with Crippen LogP contribution in [0.15, 0.2) is 30.3 Å². The number of benzene rings is 1. The van der Waals surface area contributed by atoms with Crippen LogP contribution < -0.4 is 0 Å². The topological polar surface area (TPSA) is 29.5 Å². The molecular weight excluding hydrogens is 226 g/mol. The normalized spacial score (nSPS) is 14.3. The molecule has 0 aliphatic carbocycles. The van der Waals surface area contributed by atoms with Crippen LogP contribution in [-0.4, -0.2) is 31.1 Å². The second kappa shape index (κ2) is 7.17. The van der Waals surface area contributed by atoms with Crippen molar-refractivity contribution in [3.8, 4) is 0 Å². The minimum atomic E-state index is -0.180. The molecule has 0 amide bonds. The van der Waals surface area contributed by atoms with Gasteiger partial charge in [-0.2, -0.15) is 0 Å². The van der Waals surface area contributed by atoms with E-state index in [4.69, 9.17) is 4.74 Å². The summed E-state index contributed by atoms with van der Waals surface area (Å²) < 4.78 is 4.91. The number of hydrogen-bond acceptors (Lipinski definition) is 3. The van der Waals surface area contributed by atoms with Gasteiger partial charge in [-0.3, -0.25) is 9.69 Å². The average Bonchev–Trinajstić information content (AvgIpc) is 2.39. The van der Waals surface area contributed by atoms with E-state index in [0.717, 1.165) is 13.0 Å². The molecule has 0 bridgehead atoms. The number of likely N-dealkylation sites (N-methyl/N-ethyl adjacent to an activating group) is 1. The molecule has 3 nitrogen and oxygen atoms in total. The van der Waals surface area contributed by atoms with Crippen LogP contribution in [-0.2, 0) is 16.1 Å². The summed E-state index contributed by atoms with van der Waals surface area (Å²) >= 11 is 0.